The predicted octanol–water partition coefficient (Wildman–Crippen LogP) is 3.01. The molecule has 3 N–H and O–H groups in total. The van der Waals surface area contributed by atoms with E-state index in [-0.39, 0.29) is 24.2 Å². The van der Waals surface area contributed by atoms with Gasteiger partial charge in [0.15, 0.2) is 11.5 Å². The SMILES string of the molecule is CCCC[C@@H](N)c1ccc(O)c(OC)c1.Cl. The first-order valence-corrected chi connectivity index (χ1v) is 5.31. The Balaban J connectivity index is 0.00000225. The summed E-state index contributed by atoms with van der Waals surface area (Å²) in [5.41, 5.74) is 7.03. The lowest BCUT2D eigenvalue weighted by molar-refractivity contribution is 0.372. The van der Waals surface area contributed by atoms with Crippen LogP contribution in [0.2, 0.25) is 0 Å². The highest BCUT2D eigenvalue weighted by atomic mass is 35.5. The molecule has 1 aromatic rings. The molecule has 1 atom stereocenters. The number of halogens is 1. The minimum Gasteiger partial charge on any atom is -0.504 e. The van der Waals surface area contributed by atoms with Crippen molar-refractivity contribution in [1.29, 1.82) is 0 Å². The highest BCUT2D eigenvalue weighted by Crippen LogP contribution is 2.29. The van der Waals surface area contributed by atoms with Crippen LogP contribution in [-0.4, -0.2) is 12.2 Å². The van der Waals surface area contributed by atoms with Crippen molar-refractivity contribution in [2.24, 2.45) is 5.73 Å². The Labute approximate surface area is 103 Å². The smallest absolute Gasteiger partial charge is 0.160 e. The number of ether oxygens (including phenoxy) is 1. The van der Waals surface area contributed by atoms with Gasteiger partial charge in [0.05, 0.1) is 7.11 Å². The van der Waals surface area contributed by atoms with Crippen molar-refractivity contribution < 1.29 is 9.84 Å². The maximum absolute atomic E-state index is 9.43. The molecule has 92 valence electrons. The number of nitrogens with two attached hydrogens (primary N) is 1. The molecule has 0 aromatic heterocycles. The van der Waals surface area contributed by atoms with Gasteiger partial charge in [-0.15, -0.1) is 12.4 Å². The zero-order valence-corrected chi connectivity index (χ0v) is 10.6. The van der Waals surface area contributed by atoms with Crippen LogP contribution < -0.4 is 10.5 Å². The Kier molecular flexibility index (Phi) is 6.93. The minimum atomic E-state index is 0. The molecule has 0 saturated heterocycles. The van der Waals surface area contributed by atoms with Crippen molar-refractivity contribution in [1.82, 2.24) is 0 Å². The lowest BCUT2D eigenvalue weighted by Crippen LogP contribution is -2.09. The molecule has 0 aliphatic rings. The van der Waals surface area contributed by atoms with E-state index < -0.39 is 0 Å². The second-order valence-corrected chi connectivity index (χ2v) is 3.68. The molecule has 0 radical (unpaired) electrons. The maximum atomic E-state index is 9.43. The average Bonchev–Trinajstić information content (AvgIpc) is 2.26. The quantitative estimate of drug-likeness (QED) is 0.839. The van der Waals surface area contributed by atoms with E-state index in [0.717, 1.165) is 24.8 Å². The largest absolute Gasteiger partial charge is 0.504 e. The summed E-state index contributed by atoms with van der Waals surface area (Å²) in [4.78, 5) is 0. The maximum Gasteiger partial charge on any atom is 0.160 e. The van der Waals surface area contributed by atoms with Gasteiger partial charge >= 0.3 is 0 Å². The van der Waals surface area contributed by atoms with Gasteiger partial charge in [0.2, 0.25) is 0 Å². The number of hydrogen-bond donors (Lipinski definition) is 2. The Morgan fingerprint density at radius 1 is 1.44 bits per heavy atom. The third-order valence-corrected chi connectivity index (χ3v) is 2.50. The highest BCUT2D eigenvalue weighted by molar-refractivity contribution is 5.85. The van der Waals surface area contributed by atoms with Gasteiger partial charge in [-0.05, 0) is 24.1 Å². The molecule has 0 unspecified atom stereocenters. The molecule has 0 aliphatic heterocycles. The lowest BCUT2D eigenvalue weighted by atomic mass is 10.0. The van der Waals surface area contributed by atoms with Crippen molar-refractivity contribution in [3.8, 4) is 11.5 Å². The zero-order valence-electron chi connectivity index (χ0n) is 9.77. The summed E-state index contributed by atoms with van der Waals surface area (Å²) >= 11 is 0. The fourth-order valence-electron chi connectivity index (χ4n) is 1.52. The van der Waals surface area contributed by atoms with Gasteiger partial charge in [-0.25, -0.2) is 0 Å². The monoisotopic (exact) mass is 245 g/mol. The summed E-state index contributed by atoms with van der Waals surface area (Å²) in [6, 6.07) is 5.30. The molecular weight excluding hydrogens is 226 g/mol. The second-order valence-electron chi connectivity index (χ2n) is 3.68. The van der Waals surface area contributed by atoms with E-state index in [0.29, 0.717) is 5.75 Å². The first-order valence-electron chi connectivity index (χ1n) is 5.31. The van der Waals surface area contributed by atoms with Crippen molar-refractivity contribution >= 4 is 12.4 Å². The second kappa shape index (κ2) is 7.36. The lowest BCUT2D eigenvalue weighted by Gasteiger charge is -2.13. The van der Waals surface area contributed by atoms with Gasteiger partial charge in [0.1, 0.15) is 0 Å². The fourth-order valence-corrected chi connectivity index (χ4v) is 1.52. The van der Waals surface area contributed by atoms with E-state index in [1.807, 2.05) is 6.07 Å². The Hall–Kier alpha value is -0.930. The van der Waals surface area contributed by atoms with Crippen LogP contribution in [0.5, 0.6) is 11.5 Å². The summed E-state index contributed by atoms with van der Waals surface area (Å²) in [5, 5.41) is 9.43. The van der Waals surface area contributed by atoms with Gasteiger partial charge in [0, 0.05) is 6.04 Å². The summed E-state index contributed by atoms with van der Waals surface area (Å²) in [6.07, 6.45) is 3.22. The predicted molar refractivity (Wildman–Crippen MR) is 68.4 cm³/mol. The first-order chi connectivity index (χ1) is 7.19. The Bertz CT molecular complexity index is 318. The number of rotatable bonds is 5. The number of phenols is 1. The third kappa shape index (κ3) is 3.91. The van der Waals surface area contributed by atoms with Gasteiger partial charge < -0.3 is 15.6 Å². The highest BCUT2D eigenvalue weighted by Gasteiger charge is 2.08. The number of hydrogen-bond acceptors (Lipinski definition) is 3. The summed E-state index contributed by atoms with van der Waals surface area (Å²) < 4.78 is 5.03. The molecule has 0 aliphatic carbocycles. The van der Waals surface area contributed by atoms with Crippen LogP contribution >= 0.6 is 12.4 Å². The number of unbranched alkanes of at least 4 members (excludes halogenated alkanes) is 1. The molecule has 1 rings (SSSR count). The van der Waals surface area contributed by atoms with Gasteiger partial charge in [0.25, 0.3) is 0 Å². The fraction of sp³-hybridized carbons (Fsp3) is 0.500. The van der Waals surface area contributed by atoms with Crippen LogP contribution in [0.25, 0.3) is 0 Å². The van der Waals surface area contributed by atoms with E-state index in [9.17, 15) is 5.11 Å². The van der Waals surface area contributed by atoms with Crippen molar-refractivity contribution in [2.45, 2.75) is 32.2 Å². The summed E-state index contributed by atoms with van der Waals surface area (Å²) in [6.45, 7) is 2.14. The molecule has 0 heterocycles. The molecule has 16 heavy (non-hydrogen) atoms. The molecule has 0 spiro atoms. The van der Waals surface area contributed by atoms with Crippen LogP contribution in [0, 0.1) is 0 Å². The van der Waals surface area contributed by atoms with E-state index in [1.54, 1.807) is 12.1 Å². The molecule has 0 amide bonds. The van der Waals surface area contributed by atoms with E-state index in [4.69, 9.17) is 10.5 Å². The third-order valence-electron chi connectivity index (χ3n) is 2.50. The molecule has 0 bridgehead atoms. The van der Waals surface area contributed by atoms with Crippen molar-refractivity contribution in [2.75, 3.05) is 7.11 Å². The van der Waals surface area contributed by atoms with Crippen LogP contribution in [0.3, 0.4) is 0 Å². The first kappa shape index (κ1) is 15.1. The van der Waals surface area contributed by atoms with E-state index in [2.05, 4.69) is 6.92 Å². The number of methoxy groups -OCH3 is 1. The zero-order chi connectivity index (χ0) is 11.3. The van der Waals surface area contributed by atoms with Gasteiger partial charge in [-0.3, -0.25) is 0 Å². The molecule has 3 nitrogen and oxygen atoms in total. The summed E-state index contributed by atoms with van der Waals surface area (Å²) in [7, 11) is 1.54. The molecule has 1 aromatic carbocycles. The summed E-state index contributed by atoms with van der Waals surface area (Å²) in [5.74, 6) is 0.642. The number of benzene rings is 1. The van der Waals surface area contributed by atoms with Crippen LogP contribution in [0.1, 0.15) is 37.8 Å². The number of aromatic hydroxyl groups is 1. The standard InChI is InChI=1S/C12H19NO2.ClH/c1-3-4-5-10(13)9-6-7-11(14)12(8-9)15-2;/h6-8,10,14H,3-5,13H2,1-2H3;1H/t10-;/m1./s1. The normalized spacial score (nSPS) is 11.7. The molecular formula is C12H20ClNO2. The van der Waals surface area contributed by atoms with Crippen molar-refractivity contribution in [3.05, 3.63) is 23.8 Å². The average molecular weight is 246 g/mol. The van der Waals surface area contributed by atoms with Gasteiger partial charge in [-0.2, -0.15) is 0 Å². The van der Waals surface area contributed by atoms with Crippen LogP contribution in [-0.2, 0) is 0 Å². The topological polar surface area (TPSA) is 55.5 Å². The molecule has 0 saturated carbocycles. The van der Waals surface area contributed by atoms with E-state index >= 15 is 0 Å². The van der Waals surface area contributed by atoms with Crippen molar-refractivity contribution in [3.63, 3.8) is 0 Å². The minimum absolute atomic E-state index is 0. The number of phenolic OH excluding ortho intramolecular Hbond substituents is 1. The molecule has 0 fully saturated rings. The van der Waals surface area contributed by atoms with Crippen LogP contribution in [0.15, 0.2) is 18.2 Å². The van der Waals surface area contributed by atoms with Gasteiger partial charge in [-0.1, -0.05) is 25.8 Å². The Morgan fingerprint density at radius 3 is 2.69 bits per heavy atom. The Morgan fingerprint density at radius 2 is 2.12 bits per heavy atom. The molecule has 4 heteroatoms. The van der Waals surface area contributed by atoms with Crippen LogP contribution in [0.4, 0.5) is 0 Å². The van der Waals surface area contributed by atoms with E-state index in [1.165, 1.54) is 7.11 Å².